The Morgan fingerprint density at radius 2 is 1.77 bits per heavy atom. The summed E-state index contributed by atoms with van der Waals surface area (Å²) < 4.78 is 7.87. The molecule has 7 heteroatoms. The number of anilines is 1. The van der Waals surface area contributed by atoms with Crippen LogP contribution in [0.4, 0.5) is 5.69 Å². The first-order chi connectivity index (χ1) is 16.9. The number of pyridine rings is 1. The van der Waals surface area contributed by atoms with Gasteiger partial charge in [-0.25, -0.2) is 0 Å². The highest BCUT2D eigenvalue weighted by atomic mass is 32.1. The first kappa shape index (κ1) is 23.8. The van der Waals surface area contributed by atoms with E-state index in [4.69, 9.17) is 17.0 Å². The van der Waals surface area contributed by atoms with Gasteiger partial charge in [0.15, 0.2) is 5.11 Å². The Bertz CT molecular complexity index is 1170. The molecule has 1 N–H and O–H groups in total. The van der Waals surface area contributed by atoms with Crippen LogP contribution in [0.3, 0.4) is 0 Å². The third-order valence-corrected chi connectivity index (χ3v) is 7.39. The van der Waals surface area contributed by atoms with Crippen molar-refractivity contribution in [3.05, 3.63) is 77.4 Å². The predicted molar refractivity (Wildman–Crippen MR) is 145 cm³/mol. The van der Waals surface area contributed by atoms with Crippen molar-refractivity contribution in [1.82, 2.24) is 19.8 Å². The van der Waals surface area contributed by atoms with Crippen molar-refractivity contribution >= 4 is 23.0 Å². The van der Waals surface area contributed by atoms with Gasteiger partial charge in [-0.2, -0.15) is 0 Å². The maximum absolute atomic E-state index is 5.83. The maximum Gasteiger partial charge on any atom is 0.170 e. The van der Waals surface area contributed by atoms with Gasteiger partial charge in [0, 0.05) is 48.6 Å². The van der Waals surface area contributed by atoms with Gasteiger partial charge in [-0.05, 0) is 80.0 Å². The molecule has 2 aliphatic rings. The summed E-state index contributed by atoms with van der Waals surface area (Å²) in [5, 5.41) is 4.39. The molecule has 0 aliphatic carbocycles. The van der Waals surface area contributed by atoms with Crippen molar-refractivity contribution in [2.75, 3.05) is 37.7 Å². The molecule has 5 rings (SSSR count). The van der Waals surface area contributed by atoms with E-state index >= 15 is 0 Å². The van der Waals surface area contributed by atoms with E-state index in [2.05, 4.69) is 94.8 Å². The predicted octanol–water partition coefficient (Wildman–Crippen LogP) is 4.95. The normalized spacial score (nSPS) is 20.5. The number of thiocarbonyl (C=S) groups is 1. The largest absolute Gasteiger partial charge is 0.378 e. The van der Waals surface area contributed by atoms with Gasteiger partial charge in [0.05, 0.1) is 31.0 Å². The summed E-state index contributed by atoms with van der Waals surface area (Å²) in [6.45, 7) is 13.3. The Morgan fingerprint density at radius 3 is 2.43 bits per heavy atom. The number of benzene rings is 1. The lowest BCUT2D eigenvalue weighted by Gasteiger charge is -2.29. The van der Waals surface area contributed by atoms with E-state index in [1.807, 2.05) is 12.3 Å². The van der Waals surface area contributed by atoms with E-state index < -0.39 is 0 Å². The Morgan fingerprint density at radius 1 is 1.06 bits per heavy atom. The SMILES string of the molecule is Cc1cc([C@H]2[C@H](c3ccccn3)NC(=S)N2CC(C)C)c(C)n1-c1ccc(N2CCOCC2)cc1. The molecule has 35 heavy (non-hydrogen) atoms. The number of nitrogens with one attached hydrogen (secondary N) is 1. The number of ether oxygens (including phenoxy) is 1. The number of morpholine rings is 1. The van der Waals surface area contributed by atoms with Crippen molar-refractivity contribution in [2.24, 2.45) is 5.92 Å². The number of hydrogen-bond donors (Lipinski definition) is 1. The van der Waals surface area contributed by atoms with E-state index in [0.29, 0.717) is 5.92 Å². The van der Waals surface area contributed by atoms with Crippen LogP contribution in [0.5, 0.6) is 0 Å². The zero-order valence-corrected chi connectivity index (χ0v) is 21.9. The number of nitrogens with zero attached hydrogens (tertiary/aromatic N) is 4. The summed E-state index contributed by atoms with van der Waals surface area (Å²) >= 11 is 5.83. The van der Waals surface area contributed by atoms with Crippen LogP contribution < -0.4 is 10.2 Å². The summed E-state index contributed by atoms with van der Waals surface area (Å²) in [5.74, 6) is 0.496. The Balaban J connectivity index is 1.51. The highest BCUT2D eigenvalue weighted by Gasteiger charge is 2.41. The monoisotopic (exact) mass is 489 g/mol. The fourth-order valence-corrected chi connectivity index (χ4v) is 5.77. The summed E-state index contributed by atoms with van der Waals surface area (Å²) in [7, 11) is 0. The molecular formula is C28H35N5OS. The molecule has 2 atom stereocenters. The van der Waals surface area contributed by atoms with Crippen LogP contribution in [0, 0.1) is 19.8 Å². The second kappa shape index (κ2) is 9.99. The molecule has 2 fully saturated rings. The first-order valence-corrected chi connectivity index (χ1v) is 12.9. The molecule has 3 aromatic rings. The quantitative estimate of drug-likeness (QED) is 0.494. The molecule has 0 spiro atoms. The third kappa shape index (κ3) is 4.67. The molecule has 1 aromatic carbocycles. The lowest BCUT2D eigenvalue weighted by atomic mass is 9.96. The highest BCUT2D eigenvalue weighted by molar-refractivity contribution is 7.80. The number of rotatable bonds is 6. The Labute approximate surface area is 213 Å². The summed E-state index contributed by atoms with van der Waals surface area (Å²) in [5.41, 5.74) is 7.21. The fraction of sp³-hybridized carbons (Fsp3) is 0.429. The lowest BCUT2D eigenvalue weighted by Crippen LogP contribution is -2.36. The van der Waals surface area contributed by atoms with Gasteiger partial charge in [-0.3, -0.25) is 4.98 Å². The topological polar surface area (TPSA) is 45.6 Å². The van der Waals surface area contributed by atoms with Crippen LogP contribution in [0.2, 0.25) is 0 Å². The molecule has 0 bridgehead atoms. The standard InChI is InChI=1S/C28H35N5OS/c1-19(2)18-32-27(26(30-28(32)35)25-7-5-6-12-29-25)24-17-20(3)33(21(24)4)23-10-8-22(9-11-23)31-13-15-34-16-14-31/h5-12,17,19,26-27H,13-16,18H2,1-4H3,(H,30,35)/t26-,27-/m0/s1. The van der Waals surface area contributed by atoms with Crippen LogP contribution in [0.15, 0.2) is 54.7 Å². The van der Waals surface area contributed by atoms with E-state index in [0.717, 1.165) is 43.7 Å². The van der Waals surface area contributed by atoms with Crippen LogP contribution in [0.1, 0.15) is 48.6 Å². The van der Waals surface area contributed by atoms with Gasteiger partial charge in [0.2, 0.25) is 0 Å². The molecule has 2 aromatic heterocycles. The Kier molecular flexibility index (Phi) is 6.80. The molecular weight excluding hydrogens is 454 g/mol. The maximum atomic E-state index is 5.83. The molecule has 0 radical (unpaired) electrons. The molecule has 0 unspecified atom stereocenters. The lowest BCUT2D eigenvalue weighted by molar-refractivity contribution is 0.122. The van der Waals surface area contributed by atoms with Crippen LogP contribution in [0.25, 0.3) is 5.69 Å². The zero-order chi connectivity index (χ0) is 24.5. The van der Waals surface area contributed by atoms with Crippen molar-refractivity contribution in [3.63, 3.8) is 0 Å². The molecule has 6 nitrogen and oxygen atoms in total. The number of aryl methyl sites for hydroxylation is 1. The molecule has 2 saturated heterocycles. The smallest absolute Gasteiger partial charge is 0.170 e. The minimum absolute atomic E-state index is 0.0140. The van der Waals surface area contributed by atoms with Gasteiger partial charge in [0.1, 0.15) is 0 Å². The molecule has 4 heterocycles. The van der Waals surface area contributed by atoms with Gasteiger partial charge in [-0.1, -0.05) is 19.9 Å². The van der Waals surface area contributed by atoms with E-state index in [9.17, 15) is 0 Å². The van der Waals surface area contributed by atoms with Crippen molar-refractivity contribution in [1.29, 1.82) is 0 Å². The summed E-state index contributed by atoms with van der Waals surface area (Å²) in [4.78, 5) is 9.43. The van der Waals surface area contributed by atoms with Crippen LogP contribution in [-0.2, 0) is 4.74 Å². The fourth-order valence-electron chi connectivity index (χ4n) is 5.45. The average molecular weight is 490 g/mol. The molecule has 2 aliphatic heterocycles. The van der Waals surface area contributed by atoms with Gasteiger partial charge in [0.25, 0.3) is 0 Å². The van der Waals surface area contributed by atoms with Crippen LogP contribution >= 0.6 is 12.2 Å². The number of hydrogen-bond acceptors (Lipinski definition) is 4. The third-order valence-electron chi connectivity index (χ3n) is 7.03. The van der Waals surface area contributed by atoms with Gasteiger partial charge in [-0.15, -0.1) is 0 Å². The second-order valence-corrected chi connectivity index (χ2v) is 10.3. The molecule has 184 valence electrons. The average Bonchev–Trinajstić information content (AvgIpc) is 3.34. The highest BCUT2D eigenvalue weighted by Crippen LogP contribution is 2.41. The zero-order valence-electron chi connectivity index (χ0n) is 21.1. The molecule has 0 saturated carbocycles. The molecule has 0 amide bonds. The van der Waals surface area contributed by atoms with Crippen LogP contribution in [-0.4, -0.2) is 52.4 Å². The Hall–Kier alpha value is -2.90. The minimum Gasteiger partial charge on any atom is -0.378 e. The van der Waals surface area contributed by atoms with Crippen molar-refractivity contribution in [2.45, 2.75) is 39.8 Å². The van der Waals surface area contributed by atoms with Crippen molar-refractivity contribution < 1.29 is 4.74 Å². The van der Waals surface area contributed by atoms with Crippen molar-refractivity contribution in [3.8, 4) is 5.69 Å². The number of aromatic nitrogens is 2. The summed E-state index contributed by atoms with van der Waals surface area (Å²) in [6.07, 6.45) is 1.86. The van der Waals surface area contributed by atoms with Gasteiger partial charge < -0.3 is 24.4 Å². The van der Waals surface area contributed by atoms with Gasteiger partial charge >= 0.3 is 0 Å². The second-order valence-electron chi connectivity index (χ2n) is 9.95. The minimum atomic E-state index is 0.0140. The summed E-state index contributed by atoms with van der Waals surface area (Å²) in [6, 6.07) is 17.5. The van der Waals surface area contributed by atoms with E-state index in [1.54, 1.807) is 0 Å². The van der Waals surface area contributed by atoms with E-state index in [1.165, 1.54) is 28.3 Å². The van der Waals surface area contributed by atoms with E-state index in [-0.39, 0.29) is 12.1 Å². The first-order valence-electron chi connectivity index (χ1n) is 12.5.